The first kappa shape index (κ1) is 85.6. The molecule has 2 saturated heterocycles. The van der Waals surface area contributed by atoms with Gasteiger partial charge in [-0.1, -0.05) is 147 Å². The molecule has 2 aliphatic heterocycles. The van der Waals surface area contributed by atoms with Gasteiger partial charge in [0.25, 0.3) is 20.0 Å². The van der Waals surface area contributed by atoms with E-state index in [4.69, 9.17) is 15.0 Å². The number of halogens is 1. The number of likely N-dealkylation sites (N-methyl/N-ethyl adjacent to an activating group) is 2. The van der Waals surface area contributed by atoms with Crippen LogP contribution in [0.15, 0.2) is 282 Å². The zero-order valence-corrected chi connectivity index (χ0v) is 67.6. The van der Waals surface area contributed by atoms with Gasteiger partial charge in [0.1, 0.15) is 12.6 Å². The van der Waals surface area contributed by atoms with Gasteiger partial charge in [-0.15, -0.1) is 0 Å². The van der Waals surface area contributed by atoms with Crippen LogP contribution in [0.5, 0.6) is 0 Å². The SMILES string of the molecule is C.C.CN1CCN(Cc2ccc(-c3cnc4c(c3)C(c3ccc5[nH]ccc5c3)=CC4)cc2)CC1.CN1CCNCC1.Cc1ccc(S(=O)(=O)n2cc(-c3ccc4[nH]ccc4c3)c3cc(-c4ccc(C=O)cc4)cnc32)cc1.Cc1ccc(S(=O)(=O)n2cc(-c3ccc4[nH]ccc4c3)c3cc(Br)cnc32)cc1.O=Cc1ccc(B(O)O)cc1.[B]. The minimum atomic E-state index is -3.88. The summed E-state index contributed by atoms with van der Waals surface area (Å²) in [6.07, 6.45) is 19.1. The molecular weight excluding hydrogens is 1580 g/mol. The Morgan fingerprint density at radius 2 is 0.898 bits per heavy atom. The maximum absolute atomic E-state index is 13.7. The molecule has 3 radical (unpaired) electrons. The normalized spacial score (nSPS) is 13.5. The molecule has 0 atom stereocenters. The van der Waals surface area contributed by atoms with Crippen LogP contribution in [-0.4, -0.2) is 174 Å². The Labute approximate surface area is 699 Å². The van der Waals surface area contributed by atoms with E-state index < -0.39 is 27.2 Å². The van der Waals surface area contributed by atoms with Crippen molar-refractivity contribution < 1.29 is 36.5 Å². The lowest BCUT2D eigenvalue weighted by Crippen LogP contribution is -2.43. The number of carbonyl (C=O) groups excluding carboxylic acids is 2. The van der Waals surface area contributed by atoms with E-state index >= 15 is 0 Å². The molecule has 3 aliphatic rings. The number of aromatic nitrogens is 8. The van der Waals surface area contributed by atoms with Crippen LogP contribution < -0.4 is 10.8 Å². The lowest BCUT2D eigenvalue weighted by Gasteiger charge is -2.32. The van der Waals surface area contributed by atoms with Gasteiger partial charge in [-0.05, 0) is 202 Å². The zero-order valence-electron chi connectivity index (χ0n) is 64.4. The van der Waals surface area contributed by atoms with E-state index in [9.17, 15) is 26.4 Å². The van der Waals surface area contributed by atoms with Crippen molar-refractivity contribution in [3.63, 3.8) is 0 Å². The zero-order chi connectivity index (χ0) is 79.9. The fourth-order valence-electron chi connectivity index (χ4n) is 14.4. The van der Waals surface area contributed by atoms with Crippen molar-refractivity contribution in [2.45, 2.75) is 51.5 Å². The van der Waals surface area contributed by atoms with E-state index in [1.165, 1.54) is 95.3 Å². The summed E-state index contributed by atoms with van der Waals surface area (Å²) in [6, 6.07) is 66.9. The summed E-state index contributed by atoms with van der Waals surface area (Å²) in [4.78, 5) is 52.4. The van der Waals surface area contributed by atoms with Crippen molar-refractivity contribution in [2.24, 2.45) is 0 Å². The van der Waals surface area contributed by atoms with Crippen molar-refractivity contribution >= 4 is 130 Å². The first-order valence-corrected chi connectivity index (χ1v) is 41.5. The molecule has 16 aromatic rings. The van der Waals surface area contributed by atoms with Gasteiger partial charge in [-0.25, -0.2) is 34.7 Å². The smallest absolute Gasteiger partial charge is 0.423 e. The highest BCUT2D eigenvalue weighted by Crippen LogP contribution is 2.40. The van der Waals surface area contributed by atoms with Crippen LogP contribution in [0.25, 0.3) is 105 Å². The van der Waals surface area contributed by atoms with Crippen LogP contribution in [0.3, 0.4) is 0 Å². The highest BCUT2D eigenvalue weighted by Gasteiger charge is 2.27. The topological polar surface area (TPSA) is 261 Å². The molecule has 8 aromatic carbocycles. The van der Waals surface area contributed by atoms with Crippen LogP contribution in [0, 0.1) is 13.8 Å². The molecule has 8 aromatic heterocycles. The molecule has 25 heteroatoms. The number of piperazine rings is 2. The summed E-state index contributed by atoms with van der Waals surface area (Å²) in [5.74, 6) is 0. The van der Waals surface area contributed by atoms with Gasteiger partial charge in [0, 0.05) is 194 Å². The van der Waals surface area contributed by atoms with Crippen molar-refractivity contribution in [3.8, 4) is 44.5 Å². The molecule has 2 fully saturated rings. The van der Waals surface area contributed by atoms with Gasteiger partial charge < -0.3 is 40.1 Å². The number of fused-ring (bicyclic) bond motifs is 6. The van der Waals surface area contributed by atoms with Gasteiger partial charge in [0.05, 0.1) is 15.5 Å². The minimum absolute atomic E-state index is 0. The third kappa shape index (κ3) is 19.1. The predicted octanol–water partition coefficient (Wildman–Crippen LogP) is 16.3. The first-order valence-electron chi connectivity index (χ1n) is 37.8. The molecule has 0 unspecified atom stereocenters. The number of allylic oxidation sites excluding steroid dienone is 1. The van der Waals surface area contributed by atoms with E-state index in [0.717, 1.165) is 140 Å². The summed E-state index contributed by atoms with van der Waals surface area (Å²) in [5, 5.41) is 25.4. The van der Waals surface area contributed by atoms with Gasteiger partial charge in [0.15, 0.2) is 11.3 Å². The molecule has 118 heavy (non-hydrogen) atoms. The van der Waals surface area contributed by atoms with Crippen molar-refractivity contribution in [1.29, 1.82) is 0 Å². The van der Waals surface area contributed by atoms with Gasteiger partial charge >= 0.3 is 7.12 Å². The second kappa shape index (κ2) is 37.7. The molecule has 0 amide bonds. The number of rotatable bonds is 14. The standard InChI is InChI=1S/C29H21N3O3S.C28H28N4.C22H16BrN3O2S.C7H7BO3.C5H12N2.2CH4.B/c1-19-2-9-25(10-3-19)36(34,35)32-17-27(22-8-11-28-23(14-22)12-13-30-28)26-15-24(16-31-29(26)32)21-6-4-20(18-33)5-7-21;1-31-12-14-32(15-13-31)19-20-2-4-21(5-3-20)24-17-26-25(7-9-28(26)30-18-24)22-6-8-27-23(16-22)10-11-29-27;1-14-2-5-18(6-3-14)29(27,28)26-13-20(19-11-17(23)12-25-22(19)26)15-4-7-21-16(10-15)8-9-24-21;9-5-6-1-3-7(4-2-6)8(10)11;1-7-4-2-6-3-5-7;;;/h2-18,30H,1H3;2-8,10-11,16-18,29H,9,12-15,19H2,1H3;2-13,24H,1H3;1-5,10-11H;6H,2-5H2,1H3;2*1H4;. The number of carbonyl (C=O) groups is 2. The number of pyridine rings is 3. The Bertz CT molecular complexity index is 6470. The predicted molar refractivity (Wildman–Crippen MR) is 483 cm³/mol. The molecule has 10 heterocycles. The average molecular weight is 1670 g/mol. The number of aldehydes is 2. The summed E-state index contributed by atoms with van der Waals surface area (Å²) < 4.78 is 57.4. The Morgan fingerprint density at radius 3 is 1.38 bits per heavy atom. The summed E-state index contributed by atoms with van der Waals surface area (Å²) in [6.45, 7) is 14.2. The fourth-order valence-corrected chi connectivity index (χ4v) is 17.4. The van der Waals surface area contributed by atoms with E-state index in [0.29, 0.717) is 34.2 Å². The molecular formula is C93H92B2BrN12O8S2. The highest BCUT2D eigenvalue weighted by molar-refractivity contribution is 9.10. The minimum Gasteiger partial charge on any atom is -0.423 e. The fraction of sp³-hybridized carbons (Fsp3) is 0.172. The lowest BCUT2D eigenvalue weighted by atomic mass is 9.80. The van der Waals surface area contributed by atoms with Crippen LogP contribution >= 0.6 is 15.9 Å². The molecule has 20 nitrogen and oxygen atoms in total. The second-order valence-electron chi connectivity index (χ2n) is 29.0. The third-order valence-corrected chi connectivity index (χ3v) is 24.8. The number of H-pyrrole nitrogens is 3. The Hall–Kier alpha value is -11.7. The summed E-state index contributed by atoms with van der Waals surface area (Å²) in [5.41, 5.74) is 21.3. The Kier molecular flexibility index (Phi) is 27.3. The summed E-state index contributed by atoms with van der Waals surface area (Å²) in [7, 11) is -4.76. The third-order valence-electron chi connectivity index (χ3n) is 21.1. The van der Waals surface area contributed by atoms with Gasteiger partial charge in [-0.3, -0.25) is 19.5 Å². The average Bonchev–Trinajstić information content (AvgIpc) is 1.59. The highest BCUT2D eigenvalue weighted by atomic mass is 79.9. The van der Waals surface area contributed by atoms with E-state index in [-0.39, 0.29) is 33.1 Å². The van der Waals surface area contributed by atoms with Gasteiger partial charge in [-0.2, -0.15) is 0 Å². The van der Waals surface area contributed by atoms with Crippen LogP contribution in [0.1, 0.15) is 69.1 Å². The number of hydrogen-bond donors (Lipinski definition) is 6. The molecule has 6 N–H and O–H groups in total. The number of benzene rings is 8. The number of hydrogen-bond acceptors (Lipinski definition) is 15. The summed E-state index contributed by atoms with van der Waals surface area (Å²) >= 11 is 3.46. The van der Waals surface area contributed by atoms with Crippen molar-refractivity contribution in [2.75, 3.05) is 66.5 Å². The number of aryl methyl sites for hydroxylation is 2. The van der Waals surface area contributed by atoms with Crippen molar-refractivity contribution in [1.82, 2.24) is 57.9 Å². The molecule has 0 bridgehead atoms. The number of nitrogens with one attached hydrogen (secondary N) is 4. The molecule has 0 spiro atoms. The molecule has 0 saturated carbocycles. The largest absolute Gasteiger partial charge is 0.488 e. The van der Waals surface area contributed by atoms with Gasteiger partial charge in [0.2, 0.25) is 0 Å². The maximum atomic E-state index is 13.7. The van der Waals surface area contributed by atoms with Crippen LogP contribution in [0.4, 0.5) is 0 Å². The van der Waals surface area contributed by atoms with Crippen LogP contribution in [-0.2, 0) is 33.0 Å². The van der Waals surface area contributed by atoms with Crippen molar-refractivity contribution in [3.05, 3.63) is 317 Å². The number of nitrogens with zero attached hydrogens (tertiary/aromatic N) is 8. The van der Waals surface area contributed by atoms with E-state index in [2.05, 4.69) is 136 Å². The van der Waals surface area contributed by atoms with Crippen LogP contribution in [0.2, 0.25) is 0 Å². The monoisotopic (exact) mass is 1670 g/mol. The molecule has 19 rings (SSSR count). The quantitative estimate of drug-likeness (QED) is 0.0437. The number of aromatic amines is 3. The molecule has 597 valence electrons. The Balaban J connectivity index is 0.000000146. The molecule has 1 aliphatic carbocycles. The second-order valence-corrected chi connectivity index (χ2v) is 33.6. The lowest BCUT2D eigenvalue weighted by molar-refractivity contribution is 0.111. The maximum Gasteiger partial charge on any atom is 0.488 e. The van der Waals surface area contributed by atoms with E-state index in [1.54, 1.807) is 85.5 Å². The first-order chi connectivity index (χ1) is 55.7. The van der Waals surface area contributed by atoms with E-state index in [1.807, 2.05) is 111 Å². The Morgan fingerprint density at radius 1 is 0.466 bits per heavy atom.